The summed E-state index contributed by atoms with van der Waals surface area (Å²) in [6, 6.07) is 2.96. The summed E-state index contributed by atoms with van der Waals surface area (Å²) in [5, 5.41) is 0. The van der Waals surface area contributed by atoms with Crippen molar-refractivity contribution < 1.29 is 74.9 Å². The van der Waals surface area contributed by atoms with Crippen LogP contribution in [-0.4, -0.2) is 24.2 Å². The average molecular weight is 317 g/mol. The molecular weight excluding hydrogens is 310 g/mol. The largest absolute Gasteiger partial charge is 0.515 e. The molecule has 0 atom stereocenters. The Morgan fingerprint density at radius 2 is 1.92 bits per heavy atom. The van der Waals surface area contributed by atoms with Crippen LogP contribution >= 0.6 is 0 Å². The SMILES string of the molecule is COc1[c-]cnc(OC)n1.[Y].[Y]. The summed E-state index contributed by atoms with van der Waals surface area (Å²) in [7, 11) is 3.01. The maximum Gasteiger partial charge on any atom is 0.313 e. The first kappa shape index (κ1) is 15.4. The van der Waals surface area contributed by atoms with Gasteiger partial charge in [0.25, 0.3) is 0 Å². The second kappa shape index (κ2) is 8.48. The number of hydrogen-bond donors (Lipinski definition) is 0. The average Bonchev–Trinajstić information content (AvgIpc) is 2.05. The minimum atomic E-state index is 0. The van der Waals surface area contributed by atoms with Crippen molar-refractivity contribution in [2.75, 3.05) is 14.2 Å². The smallest absolute Gasteiger partial charge is 0.313 e. The molecule has 0 fully saturated rings. The number of methoxy groups -OCH3 is 2. The molecule has 1 aromatic rings. The third kappa shape index (κ3) is 4.80. The summed E-state index contributed by atoms with van der Waals surface area (Å²) in [6.45, 7) is 0. The van der Waals surface area contributed by atoms with Crippen LogP contribution in [0.3, 0.4) is 0 Å². The molecule has 1 aromatic heterocycles. The van der Waals surface area contributed by atoms with E-state index in [9.17, 15) is 0 Å². The zero-order valence-electron chi connectivity index (χ0n) is 6.94. The van der Waals surface area contributed by atoms with Crippen LogP contribution in [0.1, 0.15) is 0 Å². The van der Waals surface area contributed by atoms with E-state index < -0.39 is 0 Å². The molecule has 0 unspecified atom stereocenters. The molecule has 0 aliphatic carbocycles. The fourth-order valence-corrected chi connectivity index (χ4v) is 0.494. The standard InChI is InChI=1S/C6H7N2O2.2Y/c1-9-5-3-4-7-6(8-5)10-2;;/h4H,1-2H3;;/q-1;;. The van der Waals surface area contributed by atoms with E-state index in [4.69, 9.17) is 9.47 Å². The van der Waals surface area contributed by atoms with E-state index in [1.54, 1.807) is 0 Å². The first-order valence-electron chi connectivity index (χ1n) is 2.69. The summed E-state index contributed by atoms with van der Waals surface area (Å²) >= 11 is 0. The number of nitrogens with zero attached hydrogens (tertiary/aromatic N) is 2. The van der Waals surface area contributed by atoms with Crippen molar-refractivity contribution in [2.24, 2.45) is 0 Å². The van der Waals surface area contributed by atoms with Crippen molar-refractivity contribution in [2.45, 2.75) is 0 Å². The van der Waals surface area contributed by atoms with Crippen LogP contribution in [0.25, 0.3) is 0 Å². The Bertz CT molecular complexity index is 203. The molecule has 2 radical (unpaired) electrons. The van der Waals surface area contributed by atoms with Crippen LogP contribution in [0.2, 0.25) is 0 Å². The van der Waals surface area contributed by atoms with E-state index in [1.807, 2.05) is 0 Å². The maximum absolute atomic E-state index is 4.77. The van der Waals surface area contributed by atoms with Crippen LogP contribution < -0.4 is 9.47 Å². The van der Waals surface area contributed by atoms with Crippen molar-refractivity contribution in [1.29, 1.82) is 0 Å². The van der Waals surface area contributed by atoms with Gasteiger partial charge in [-0.1, -0.05) is 0 Å². The van der Waals surface area contributed by atoms with Gasteiger partial charge in [0.2, 0.25) is 0 Å². The van der Waals surface area contributed by atoms with Gasteiger partial charge >= 0.3 is 6.01 Å². The first-order valence-corrected chi connectivity index (χ1v) is 2.69. The number of aromatic nitrogens is 2. The molecule has 12 heavy (non-hydrogen) atoms. The van der Waals surface area contributed by atoms with E-state index >= 15 is 0 Å². The zero-order chi connectivity index (χ0) is 7.40. The summed E-state index contributed by atoms with van der Waals surface area (Å²) in [6.07, 6.45) is 1.45. The molecule has 0 aliphatic heterocycles. The van der Waals surface area contributed by atoms with Gasteiger partial charge in [-0.2, -0.15) is 4.98 Å². The second-order valence-electron chi connectivity index (χ2n) is 1.51. The number of ether oxygens (including phenoxy) is 2. The number of hydrogen-bond acceptors (Lipinski definition) is 4. The molecule has 6 heteroatoms. The molecule has 0 N–H and O–H groups in total. The van der Waals surface area contributed by atoms with E-state index in [-0.39, 0.29) is 71.4 Å². The van der Waals surface area contributed by atoms with Gasteiger partial charge in [0.1, 0.15) is 0 Å². The van der Waals surface area contributed by atoms with Crippen LogP contribution in [0.4, 0.5) is 0 Å². The van der Waals surface area contributed by atoms with Crippen molar-refractivity contribution >= 4 is 0 Å². The summed E-state index contributed by atoms with van der Waals surface area (Å²) in [4.78, 5) is 7.54. The van der Waals surface area contributed by atoms with E-state index in [1.165, 1.54) is 20.4 Å². The fourth-order valence-electron chi connectivity index (χ4n) is 0.494. The summed E-state index contributed by atoms with van der Waals surface area (Å²) in [5.41, 5.74) is 0. The normalized spacial score (nSPS) is 7.50. The van der Waals surface area contributed by atoms with Gasteiger partial charge in [0.05, 0.1) is 14.2 Å². The maximum atomic E-state index is 4.77. The minimum absolute atomic E-state index is 0. The monoisotopic (exact) mass is 317 g/mol. The van der Waals surface area contributed by atoms with Gasteiger partial charge in [0.15, 0.2) is 0 Å². The van der Waals surface area contributed by atoms with Crippen molar-refractivity contribution in [1.82, 2.24) is 9.97 Å². The Labute approximate surface area is 122 Å². The Hall–Kier alpha value is 0.888. The predicted octanol–water partition coefficient (Wildman–Crippen LogP) is 0.289. The molecule has 1 heterocycles. The van der Waals surface area contributed by atoms with Crippen LogP contribution in [0.5, 0.6) is 11.9 Å². The van der Waals surface area contributed by atoms with Crippen molar-refractivity contribution in [3.05, 3.63) is 12.3 Å². The molecule has 0 aromatic carbocycles. The molecule has 0 saturated carbocycles. The molecule has 0 saturated heterocycles. The third-order valence-electron chi connectivity index (χ3n) is 0.936. The second-order valence-corrected chi connectivity index (χ2v) is 1.51. The Kier molecular flexibility index (Phi) is 10.9. The molecule has 0 aliphatic rings. The molecule has 0 amide bonds. The Morgan fingerprint density at radius 3 is 2.42 bits per heavy atom. The molecule has 4 nitrogen and oxygen atoms in total. The molecule has 1 rings (SSSR count). The fraction of sp³-hybridized carbons (Fsp3) is 0.333. The van der Waals surface area contributed by atoms with Gasteiger partial charge in [-0.25, -0.2) is 4.98 Å². The van der Waals surface area contributed by atoms with E-state index in [0.717, 1.165) is 0 Å². The Morgan fingerprint density at radius 1 is 1.25 bits per heavy atom. The van der Waals surface area contributed by atoms with Crippen LogP contribution in [0.15, 0.2) is 6.20 Å². The van der Waals surface area contributed by atoms with Gasteiger partial charge in [0, 0.05) is 71.3 Å². The Balaban J connectivity index is 0. The summed E-state index contributed by atoms with van der Waals surface area (Å²) in [5.74, 6) is 0.381. The van der Waals surface area contributed by atoms with Crippen molar-refractivity contribution in [3.63, 3.8) is 0 Å². The molecule has 0 bridgehead atoms. The van der Waals surface area contributed by atoms with Gasteiger partial charge in [-0.15, -0.1) is 6.20 Å². The third-order valence-corrected chi connectivity index (χ3v) is 0.936. The zero-order valence-corrected chi connectivity index (χ0v) is 12.6. The van der Waals surface area contributed by atoms with Gasteiger partial charge < -0.3 is 15.5 Å². The predicted molar refractivity (Wildman–Crippen MR) is 34.0 cm³/mol. The molecule has 60 valence electrons. The molecule has 0 spiro atoms. The van der Waals surface area contributed by atoms with Gasteiger partial charge in [-0.3, -0.25) is 0 Å². The van der Waals surface area contributed by atoms with Crippen molar-refractivity contribution in [3.8, 4) is 11.9 Å². The van der Waals surface area contributed by atoms with Crippen LogP contribution in [-0.2, 0) is 65.4 Å². The quantitative estimate of drug-likeness (QED) is 0.736. The first-order chi connectivity index (χ1) is 4.86. The van der Waals surface area contributed by atoms with Gasteiger partial charge in [-0.05, 0) is 0 Å². The topological polar surface area (TPSA) is 44.2 Å². The number of rotatable bonds is 2. The molecular formula is C6H7N2O2Y2-. The van der Waals surface area contributed by atoms with E-state index in [2.05, 4.69) is 16.0 Å². The minimum Gasteiger partial charge on any atom is -0.515 e. The van der Waals surface area contributed by atoms with E-state index in [0.29, 0.717) is 5.88 Å². The summed E-state index contributed by atoms with van der Waals surface area (Å²) < 4.78 is 9.50. The van der Waals surface area contributed by atoms with Crippen LogP contribution in [0, 0.1) is 6.07 Å².